The second kappa shape index (κ2) is 9.88. The molecule has 4 heterocycles. The number of hydrogen-bond donors (Lipinski definition) is 0. The lowest BCUT2D eigenvalue weighted by Crippen LogP contribution is -2.47. The van der Waals surface area contributed by atoms with Gasteiger partial charge in [-0.25, -0.2) is 4.98 Å². The Morgan fingerprint density at radius 2 is 1.56 bits per heavy atom. The van der Waals surface area contributed by atoms with Gasteiger partial charge in [0.25, 0.3) is 0 Å². The first-order chi connectivity index (χ1) is 13.2. The van der Waals surface area contributed by atoms with Crippen LogP contribution in [0, 0.1) is 11.3 Å². The number of aromatic nitrogens is 1. The van der Waals surface area contributed by atoms with Crippen molar-refractivity contribution in [2.75, 3.05) is 57.8 Å². The standard InChI is InChI=1S/C21H34N4.C2H6/c1-23-14-7-21(8-15-23)9-16-24(17-10-21)18-19-5-12-25(13-6-19)20-4-2-3-11-22-20;1-2/h2-4,11,19H,5-10,12-18H2,1H3;1-2H3. The summed E-state index contributed by atoms with van der Waals surface area (Å²) in [6.07, 6.45) is 10.3. The SMILES string of the molecule is CC.CN1CCC2(CC1)CCN(CC1CCN(c3ccccn3)CC1)CC2. The first-order valence-corrected chi connectivity index (χ1v) is 11.3. The van der Waals surface area contributed by atoms with Gasteiger partial charge >= 0.3 is 0 Å². The third-order valence-corrected chi connectivity index (χ3v) is 7.07. The average Bonchev–Trinajstić information content (AvgIpc) is 2.75. The first-order valence-electron chi connectivity index (χ1n) is 11.3. The number of anilines is 1. The summed E-state index contributed by atoms with van der Waals surface area (Å²) < 4.78 is 0. The van der Waals surface area contributed by atoms with Crippen LogP contribution in [0.4, 0.5) is 5.82 Å². The topological polar surface area (TPSA) is 22.6 Å². The molecule has 4 heteroatoms. The maximum absolute atomic E-state index is 4.51. The molecular formula is C23H40N4. The molecular weight excluding hydrogens is 332 g/mol. The highest BCUT2D eigenvalue weighted by Gasteiger charge is 2.37. The summed E-state index contributed by atoms with van der Waals surface area (Å²) in [4.78, 5) is 12.2. The normalized spacial score (nSPS) is 24.5. The molecule has 0 aromatic carbocycles. The quantitative estimate of drug-likeness (QED) is 0.795. The molecule has 3 fully saturated rings. The average molecular weight is 373 g/mol. The van der Waals surface area contributed by atoms with E-state index in [-0.39, 0.29) is 0 Å². The Bertz CT molecular complexity index is 521. The minimum absolute atomic E-state index is 0.686. The van der Waals surface area contributed by atoms with Crippen LogP contribution in [0.1, 0.15) is 52.4 Å². The lowest BCUT2D eigenvalue weighted by Gasteiger charge is -2.47. The molecule has 3 aliphatic heterocycles. The van der Waals surface area contributed by atoms with Crippen molar-refractivity contribution in [3.8, 4) is 0 Å². The van der Waals surface area contributed by atoms with Crippen molar-refractivity contribution in [1.82, 2.24) is 14.8 Å². The van der Waals surface area contributed by atoms with E-state index in [4.69, 9.17) is 0 Å². The van der Waals surface area contributed by atoms with Crippen LogP contribution >= 0.6 is 0 Å². The van der Waals surface area contributed by atoms with E-state index in [0.717, 1.165) is 11.7 Å². The van der Waals surface area contributed by atoms with Crippen LogP contribution in [0.2, 0.25) is 0 Å². The summed E-state index contributed by atoms with van der Waals surface area (Å²) in [6.45, 7) is 13.0. The van der Waals surface area contributed by atoms with Crippen LogP contribution < -0.4 is 4.90 Å². The maximum atomic E-state index is 4.51. The second-order valence-corrected chi connectivity index (χ2v) is 8.72. The van der Waals surface area contributed by atoms with Gasteiger partial charge in [-0.05, 0) is 95.2 Å². The van der Waals surface area contributed by atoms with Gasteiger partial charge < -0.3 is 14.7 Å². The van der Waals surface area contributed by atoms with Gasteiger partial charge in [-0.15, -0.1) is 0 Å². The van der Waals surface area contributed by atoms with Gasteiger partial charge in [0.05, 0.1) is 0 Å². The molecule has 0 radical (unpaired) electrons. The Morgan fingerprint density at radius 1 is 0.926 bits per heavy atom. The largest absolute Gasteiger partial charge is 0.357 e. The molecule has 4 nitrogen and oxygen atoms in total. The summed E-state index contributed by atoms with van der Waals surface area (Å²) in [5, 5.41) is 0. The number of pyridine rings is 1. The molecule has 1 aromatic heterocycles. The Balaban J connectivity index is 0.00000102. The third-order valence-electron chi connectivity index (χ3n) is 7.07. The number of rotatable bonds is 3. The molecule has 0 N–H and O–H groups in total. The van der Waals surface area contributed by atoms with Crippen molar-refractivity contribution in [2.24, 2.45) is 11.3 Å². The molecule has 3 saturated heterocycles. The molecule has 0 aliphatic carbocycles. The Labute approximate surface area is 166 Å². The monoisotopic (exact) mass is 372 g/mol. The zero-order chi connectivity index (χ0) is 19.1. The lowest BCUT2D eigenvalue weighted by atomic mass is 9.71. The van der Waals surface area contributed by atoms with Crippen molar-refractivity contribution in [3.05, 3.63) is 24.4 Å². The van der Waals surface area contributed by atoms with E-state index in [9.17, 15) is 0 Å². The van der Waals surface area contributed by atoms with Crippen LogP contribution in [0.3, 0.4) is 0 Å². The molecule has 0 atom stereocenters. The van der Waals surface area contributed by atoms with Crippen LogP contribution in [0.25, 0.3) is 0 Å². The zero-order valence-corrected chi connectivity index (χ0v) is 17.9. The summed E-state index contributed by atoms with van der Waals surface area (Å²) in [5.74, 6) is 2.04. The second-order valence-electron chi connectivity index (χ2n) is 8.72. The smallest absolute Gasteiger partial charge is 0.128 e. The van der Waals surface area contributed by atoms with Gasteiger partial charge in [-0.2, -0.15) is 0 Å². The molecule has 0 saturated carbocycles. The minimum atomic E-state index is 0.686. The van der Waals surface area contributed by atoms with Gasteiger partial charge in [0.2, 0.25) is 0 Å². The Kier molecular flexibility index (Phi) is 7.54. The van der Waals surface area contributed by atoms with E-state index in [1.54, 1.807) is 0 Å². The molecule has 0 bridgehead atoms. The number of hydrogen-bond acceptors (Lipinski definition) is 4. The van der Waals surface area contributed by atoms with Gasteiger partial charge in [-0.3, -0.25) is 0 Å². The van der Waals surface area contributed by atoms with Crippen molar-refractivity contribution in [1.29, 1.82) is 0 Å². The van der Waals surface area contributed by atoms with E-state index >= 15 is 0 Å². The molecule has 1 aromatic rings. The molecule has 1 spiro atoms. The van der Waals surface area contributed by atoms with Crippen molar-refractivity contribution < 1.29 is 0 Å². The van der Waals surface area contributed by atoms with Crippen molar-refractivity contribution >= 4 is 5.82 Å². The van der Waals surface area contributed by atoms with Crippen molar-refractivity contribution in [2.45, 2.75) is 52.4 Å². The summed E-state index contributed by atoms with van der Waals surface area (Å²) in [7, 11) is 2.28. The van der Waals surface area contributed by atoms with E-state index in [1.807, 2.05) is 26.1 Å². The fraction of sp³-hybridized carbons (Fsp3) is 0.783. The highest BCUT2D eigenvalue weighted by atomic mass is 15.2. The Hall–Kier alpha value is -1.13. The predicted octanol–water partition coefficient (Wildman–Crippen LogP) is 4.13. The van der Waals surface area contributed by atoms with Gasteiger partial charge in [0.1, 0.15) is 5.82 Å². The Morgan fingerprint density at radius 3 is 2.15 bits per heavy atom. The molecule has 27 heavy (non-hydrogen) atoms. The predicted molar refractivity (Wildman–Crippen MR) is 115 cm³/mol. The third kappa shape index (κ3) is 5.45. The molecule has 3 aliphatic rings. The highest BCUT2D eigenvalue weighted by molar-refractivity contribution is 5.37. The van der Waals surface area contributed by atoms with E-state index in [0.29, 0.717) is 5.41 Å². The molecule has 4 rings (SSSR count). The molecule has 152 valence electrons. The number of nitrogens with zero attached hydrogens (tertiary/aromatic N) is 4. The maximum Gasteiger partial charge on any atom is 0.128 e. The van der Waals surface area contributed by atoms with Gasteiger partial charge in [-0.1, -0.05) is 19.9 Å². The fourth-order valence-electron chi connectivity index (χ4n) is 5.05. The fourth-order valence-corrected chi connectivity index (χ4v) is 5.05. The van der Waals surface area contributed by atoms with Gasteiger partial charge in [0, 0.05) is 25.8 Å². The summed E-state index contributed by atoms with van der Waals surface area (Å²) >= 11 is 0. The number of piperidine rings is 3. The number of likely N-dealkylation sites (tertiary alicyclic amines) is 2. The van der Waals surface area contributed by atoms with Crippen LogP contribution in [0.5, 0.6) is 0 Å². The van der Waals surface area contributed by atoms with Crippen LogP contribution in [-0.4, -0.2) is 67.6 Å². The van der Waals surface area contributed by atoms with Crippen LogP contribution in [0.15, 0.2) is 24.4 Å². The zero-order valence-electron chi connectivity index (χ0n) is 17.9. The molecule has 0 unspecified atom stereocenters. The summed E-state index contributed by atoms with van der Waals surface area (Å²) in [5.41, 5.74) is 0.686. The van der Waals surface area contributed by atoms with Crippen LogP contribution in [-0.2, 0) is 0 Å². The molecule has 0 amide bonds. The highest BCUT2D eigenvalue weighted by Crippen LogP contribution is 2.41. The minimum Gasteiger partial charge on any atom is -0.357 e. The lowest BCUT2D eigenvalue weighted by molar-refractivity contribution is 0.0358. The van der Waals surface area contributed by atoms with Crippen molar-refractivity contribution in [3.63, 3.8) is 0 Å². The van der Waals surface area contributed by atoms with Gasteiger partial charge in [0.15, 0.2) is 0 Å². The summed E-state index contributed by atoms with van der Waals surface area (Å²) in [6, 6.07) is 6.25. The van der Waals surface area contributed by atoms with E-state index in [1.165, 1.54) is 84.3 Å². The van der Waals surface area contributed by atoms with E-state index in [2.05, 4.69) is 38.9 Å². The van der Waals surface area contributed by atoms with E-state index < -0.39 is 0 Å². The first kappa shape index (κ1) is 20.6.